The summed E-state index contributed by atoms with van der Waals surface area (Å²) in [5.41, 5.74) is 2.34. The van der Waals surface area contributed by atoms with Gasteiger partial charge in [0.15, 0.2) is 5.96 Å². The van der Waals surface area contributed by atoms with E-state index in [0.29, 0.717) is 12.0 Å². The molecular weight excluding hydrogens is 453 g/mol. The highest BCUT2D eigenvalue weighted by atomic mass is 127. The van der Waals surface area contributed by atoms with E-state index in [1.165, 1.54) is 25.7 Å². The van der Waals surface area contributed by atoms with Crippen LogP contribution in [0.4, 0.5) is 0 Å². The lowest BCUT2D eigenvalue weighted by atomic mass is 9.83. The van der Waals surface area contributed by atoms with Gasteiger partial charge in [-0.2, -0.15) is 0 Å². The zero-order valence-electron chi connectivity index (χ0n) is 16.8. The fourth-order valence-electron chi connectivity index (χ4n) is 3.72. The number of hydrogen-bond acceptors (Lipinski definition) is 3. The van der Waals surface area contributed by atoms with Crippen LogP contribution in [-0.4, -0.2) is 37.4 Å². The minimum Gasteiger partial charge on any atom is -0.392 e. The average Bonchev–Trinajstić information content (AvgIpc) is 3.13. The third-order valence-corrected chi connectivity index (χ3v) is 5.32. The van der Waals surface area contributed by atoms with Gasteiger partial charge in [0.25, 0.3) is 0 Å². The Kier molecular flexibility index (Phi) is 11.9. The molecule has 0 atom stereocenters. The topological polar surface area (TPSA) is 65.9 Å². The molecular formula is C21H36IN3O2. The monoisotopic (exact) mass is 489 g/mol. The number of nitrogens with one attached hydrogen (secondary N) is 2. The zero-order valence-corrected chi connectivity index (χ0v) is 19.1. The highest BCUT2D eigenvalue weighted by Crippen LogP contribution is 2.40. The van der Waals surface area contributed by atoms with Gasteiger partial charge in [0, 0.05) is 26.3 Å². The number of aliphatic hydroxyl groups excluding tert-OH is 1. The summed E-state index contributed by atoms with van der Waals surface area (Å²) in [6.45, 7) is 8.16. The quantitative estimate of drug-likeness (QED) is 0.202. The lowest BCUT2D eigenvalue weighted by Crippen LogP contribution is -2.43. The Morgan fingerprint density at radius 1 is 1.15 bits per heavy atom. The van der Waals surface area contributed by atoms with Crippen molar-refractivity contribution in [2.45, 2.75) is 59.1 Å². The summed E-state index contributed by atoms with van der Waals surface area (Å²) in [5.74, 6) is 0.850. The Morgan fingerprint density at radius 3 is 2.48 bits per heavy atom. The van der Waals surface area contributed by atoms with Gasteiger partial charge >= 0.3 is 0 Å². The average molecular weight is 489 g/mol. The van der Waals surface area contributed by atoms with Crippen LogP contribution in [0.3, 0.4) is 0 Å². The normalized spacial score (nSPS) is 16.0. The van der Waals surface area contributed by atoms with Crippen LogP contribution in [0.2, 0.25) is 0 Å². The van der Waals surface area contributed by atoms with E-state index >= 15 is 0 Å². The standard InChI is InChI=1S/C21H35N3O2.HI/c1-3-22-20(23-15-18-9-5-6-10-19(18)16-25)24-17-21(11-7-8-12-21)13-14-26-4-2;/h5-6,9-10,25H,3-4,7-8,11-17H2,1-2H3,(H2,22,23,24);1H. The third-order valence-electron chi connectivity index (χ3n) is 5.32. The van der Waals surface area contributed by atoms with Crippen molar-refractivity contribution in [2.24, 2.45) is 10.4 Å². The molecule has 0 saturated heterocycles. The third kappa shape index (κ3) is 7.95. The van der Waals surface area contributed by atoms with E-state index in [0.717, 1.165) is 49.8 Å². The number of rotatable bonds is 10. The Bertz CT molecular complexity index is 560. The van der Waals surface area contributed by atoms with Gasteiger partial charge < -0.3 is 20.5 Å². The van der Waals surface area contributed by atoms with Crippen LogP contribution >= 0.6 is 24.0 Å². The molecule has 0 heterocycles. The summed E-state index contributed by atoms with van der Waals surface area (Å²) in [6, 6.07) is 7.92. The van der Waals surface area contributed by atoms with E-state index in [1.807, 2.05) is 24.3 Å². The molecule has 3 N–H and O–H groups in total. The van der Waals surface area contributed by atoms with Crippen LogP contribution in [-0.2, 0) is 17.9 Å². The molecule has 0 spiro atoms. The number of aliphatic imine (C=N–C) groups is 1. The highest BCUT2D eigenvalue weighted by Gasteiger charge is 2.33. The fourth-order valence-corrected chi connectivity index (χ4v) is 3.72. The summed E-state index contributed by atoms with van der Waals surface area (Å²) in [4.78, 5) is 4.73. The molecule has 0 radical (unpaired) electrons. The predicted molar refractivity (Wildman–Crippen MR) is 123 cm³/mol. The second-order valence-corrected chi connectivity index (χ2v) is 7.13. The fraction of sp³-hybridized carbons (Fsp3) is 0.667. The van der Waals surface area contributed by atoms with Crippen molar-refractivity contribution in [3.8, 4) is 0 Å². The second kappa shape index (κ2) is 13.3. The summed E-state index contributed by atoms with van der Waals surface area (Å²) in [7, 11) is 0. The van der Waals surface area contributed by atoms with Crippen molar-refractivity contribution in [3.63, 3.8) is 0 Å². The minimum atomic E-state index is 0. The van der Waals surface area contributed by atoms with E-state index in [2.05, 4.69) is 24.5 Å². The zero-order chi connectivity index (χ0) is 18.7. The van der Waals surface area contributed by atoms with Crippen LogP contribution in [0.1, 0.15) is 57.1 Å². The van der Waals surface area contributed by atoms with E-state index in [1.54, 1.807) is 0 Å². The van der Waals surface area contributed by atoms with E-state index in [-0.39, 0.29) is 30.6 Å². The number of aliphatic hydroxyl groups is 1. The van der Waals surface area contributed by atoms with E-state index < -0.39 is 0 Å². The first kappa shape index (κ1) is 24.2. The van der Waals surface area contributed by atoms with Gasteiger partial charge in [0.05, 0.1) is 13.2 Å². The Labute approximate surface area is 181 Å². The number of guanidine groups is 1. The molecule has 1 fully saturated rings. The first-order chi connectivity index (χ1) is 12.7. The number of hydrogen-bond donors (Lipinski definition) is 3. The molecule has 0 bridgehead atoms. The Balaban J connectivity index is 0.00000364. The van der Waals surface area contributed by atoms with Crippen LogP contribution in [0.5, 0.6) is 0 Å². The van der Waals surface area contributed by atoms with Crippen LogP contribution in [0, 0.1) is 5.41 Å². The predicted octanol–water partition coefficient (Wildman–Crippen LogP) is 3.84. The molecule has 27 heavy (non-hydrogen) atoms. The Hall–Kier alpha value is -0.860. The van der Waals surface area contributed by atoms with Gasteiger partial charge in [-0.1, -0.05) is 37.1 Å². The van der Waals surface area contributed by atoms with E-state index in [9.17, 15) is 5.11 Å². The molecule has 0 unspecified atom stereocenters. The molecule has 0 aliphatic heterocycles. The number of nitrogens with zero attached hydrogens (tertiary/aromatic N) is 1. The van der Waals surface area contributed by atoms with Gasteiger partial charge in [0.2, 0.25) is 0 Å². The van der Waals surface area contributed by atoms with Crippen LogP contribution < -0.4 is 10.6 Å². The van der Waals surface area contributed by atoms with Crippen molar-refractivity contribution < 1.29 is 9.84 Å². The van der Waals surface area contributed by atoms with Gasteiger partial charge in [-0.05, 0) is 49.7 Å². The Morgan fingerprint density at radius 2 is 1.85 bits per heavy atom. The number of benzene rings is 1. The first-order valence-corrected chi connectivity index (χ1v) is 10.0. The molecule has 6 heteroatoms. The van der Waals surface area contributed by atoms with Crippen molar-refractivity contribution in [1.29, 1.82) is 0 Å². The molecule has 2 rings (SSSR count). The molecule has 5 nitrogen and oxygen atoms in total. The lowest BCUT2D eigenvalue weighted by molar-refractivity contribution is 0.105. The lowest BCUT2D eigenvalue weighted by Gasteiger charge is -2.30. The molecule has 1 saturated carbocycles. The number of ether oxygens (including phenoxy) is 1. The molecule has 1 aromatic rings. The minimum absolute atomic E-state index is 0. The molecule has 0 aromatic heterocycles. The first-order valence-electron chi connectivity index (χ1n) is 10.0. The van der Waals surface area contributed by atoms with E-state index in [4.69, 9.17) is 9.73 Å². The van der Waals surface area contributed by atoms with Gasteiger partial charge in [0.1, 0.15) is 0 Å². The number of halogens is 1. The van der Waals surface area contributed by atoms with Gasteiger partial charge in [-0.3, -0.25) is 0 Å². The van der Waals surface area contributed by atoms with Crippen LogP contribution in [0.15, 0.2) is 29.3 Å². The summed E-state index contributed by atoms with van der Waals surface area (Å²) in [6.07, 6.45) is 6.26. The van der Waals surface area contributed by atoms with Crippen molar-refractivity contribution in [3.05, 3.63) is 35.4 Å². The summed E-state index contributed by atoms with van der Waals surface area (Å²) < 4.78 is 5.61. The highest BCUT2D eigenvalue weighted by molar-refractivity contribution is 14.0. The van der Waals surface area contributed by atoms with Crippen LogP contribution in [0.25, 0.3) is 0 Å². The van der Waals surface area contributed by atoms with Crippen molar-refractivity contribution >= 4 is 29.9 Å². The van der Waals surface area contributed by atoms with Crippen molar-refractivity contribution in [2.75, 3.05) is 26.3 Å². The largest absolute Gasteiger partial charge is 0.392 e. The molecule has 1 aliphatic rings. The summed E-state index contributed by atoms with van der Waals surface area (Å²) in [5, 5.41) is 16.4. The maximum absolute atomic E-state index is 9.48. The van der Waals surface area contributed by atoms with Gasteiger partial charge in [-0.15, -0.1) is 24.0 Å². The molecule has 1 aliphatic carbocycles. The smallest absolute Gasteiger partial charge is 0.191 e. The molecule has 0 amide bonds. The van der Waals surface area contributed by atoms with Crippen molar-refractivity contribution in [1.82, 2.24) is 10.6 Å². The SMILES string of the molecule is CCNC(=NCc1ccccc1CO)NCC1(CCOCC)CCCC1.I. The maximum atomic E-state index is 9.48. The second-order valence-electron chi connectivity index (χ2n) is 7.13. The maximum Gasteiger partial charge on any atom is 0.191 e. The summed E-state index contributed by atoms with van der Waals surface area (Å²) >= 11 is 0. The molecule has 154 valence electrons. The molecule has 1 aromatic carbocycles. The van der Waals surface area contributed by atoms with Gasteiger partial charge in [-0.25, -0.2) is 4.99 Å².